The number of para-hydroxylation sites is 1. The Hall–Kier alpha value is -2.54. The van der Waals surface area contributed by atoms with E-state index in [0.29, 0.717) is 6.04 Å². The highest BCUT2D eigenvalue weighted by Gasteiger charge is 2.25. The third-order valence-corrected chi connectivity index (χ3v) is 4.25. The Morgan fingerprint density at radius 2 is 2.04 bits per heavy atom. The molecule has 23 heavy (non-hydrogen) atoms. The summed E-state index contributed by atoms with van der Waals surface area (Å²) in [6, 6.07) is 10.5. The monoisotopic (exact) mass is 309 g/mol. The largest absolute Gasteiger partial charge is 0.293 e. The molecule has 1 aliphatic rings. The fraction of sp³-hybridized carbons (Fsp3) is 0.375. The van der Waals surface area contributed by atoms with Gasteiger partial charge >= 0.3 is 0 Å². The highest BCUT2D eigenvalue weighted by atomic mass is 15.5. The van der Waals surface area contributed by atoms with Crippen molar-refractivity contribution in [2.75, 3.05) is 6.54 Å². The SMILES string of the molecule is c1ccc(-n2ncc(CN3CCC[C@@H]3Cn3cncn3)n2)cc1. The molecule has 1 atom stereocenters. The molecule has 3 aromatic rings. The van der Waals surface area contributed by atoms with Gasteiger partial charge in [0.15, 0.2) is 0 Å². The van der Waals surface area contributed by atoms with Crippen molar-refractivity contribution in [1.29, 1.82) is 0 Å². The van der Waals surface area contributed by atoms with E-state index in [1.807, 2.05) is 41.2 Å². The Labute approximate surface area is 134 Å². The molecule has 0 N–H and O–H groups in total. The van der Waals surface area contributed by atoms with Gasteiger partial charge in [-0.15, -0.1) is 0 Å². The van der Waals surface area contributed by atoms with Crippen molar-refractivity contribution in [2.45, 2.75) is 32.0 Å². The second-order valence-electron chi connectivity index (χ2n) is 5.84. The third kappa shape index (κ3) is 3.14. The summed E-state index contributed by atoms with van der Waals surface area (Å²) in [5, 5.41) is 13.2. The molecular weight excluding hydrogens is 290 g/mol. The van der Waals surface area contributed by atoms with Crippen LogP contribution in [0.25, 0.3) is 5.69 Å². The molecule has 1 aromatic carbocycles. The van der Waals surface area contributed by atoms with E-state index >= 15 is 0 Å². The number of hydrogen-bond donors (Lipinski definition) is 0. The minimum absolute atomic E-state index is 0.485. The molecular formula is C16H19N7. The maximum atomic E-state index is 4.60. The maximum Gasteiger partial charge on any atom is 0.137 e. The molecule has 2 aromatic heterocycles. The van der Waals surface area contributed by atoms with Crippen LogP contribution in [0.1, 0.15) is 18.5 Å². The first kappa shape index (κ1) is 14.1. The van der Waals surface area contributed by atoms with Gasteiger partial charge in [-0.3, -0.25) is 9.58 Å². The molecule has 0 saturated carbocycles. The van der Waals surface area contributed by atoms with Crippen LogP contribution in [0.2, 0.25) is 0 Å². The normalized spacial score (nSPS) is 18.5. The van der Waals surface area contributed by atoms with E-state index in [9.17, 15) is 0 Å². The second kappa shape index (κ2) is 6.29. The van der Waals surface area contributed by atoms with Crippen molar-refractivity contribution in [3.63, 3.8) is 0 Å². The summed E-state index contributed by atoms with van der Waals surface area (Å²) in [7, 11) is 0. The highest BCUT2D eigenvalue weighted by molar-refractivity contribution is 5.28. The predicted molar refractivity (Wildman–Crippen MR) is 84.8 cm³/mol. The molecule has 0 aliphatic carbocycles. The van der Waals surface area contributed by atoms with Crippen LogP contribution in [0.4, 0.5) is 0 Å². The van der Waals surface area contributed by atoms with Crippen LogP contribution in [0.3, 0.4) is 0 Å². The number of hydrogen-bond acceptors (Lipinski definition) is 5. The lowest BCUT2D eigenvalue weighted by atomic mass is 10.2. The van der Waals surface area contributed by atoms with E-state index in [4.69, 9.17) is 0 Å². The quantitative estimate of drug-likeness (QED) is 0.715. The third-order valence-electron chi connectivity index (χ3n) is 4.25. The summed E-state index contributed by atoms with van der Waals surface area (Å²) in [6.07, 6.45) is 7.63. The maximum absolute atomic E-state index is 4.60. The zero-order chi connectivity index (χ0) is 15.5. The number of benzene rings is 1. The first-order chi connectivity index (χ1) is 11.4. The second-order valence-corrected chi connectivity index (χ2v) is 5.84. The van der Waals surface area contributed by atoms with Crippen molar-refractivity contribution in [1.82, 2.24) is 34.7 Å². The van der Waals surface area contributed by atoms with Gasteiger partial charge in [-0.25, -0.2) is 4.98 Å². The van der Waals surface area contributed by atoms with E-state index in [1.54, 1.807) is 17.5 Å². The lowest BCUT2D eigenvalue weighted by molar-refractivity contribution is 0.216. The molecule has 7 heteroatoms. The molecule has 0 amide bonds. The summed E-state index contributed by atoms with van der Waals surface area (Å²) in [5.41, 5.74) is 1.98. The Morgan fingerprint density at radius 3 is 2.87 bits per heavy atom. The van der Waals surface area contributed by atoms with Crippen molar-refractivity contribution in [3.8, 4) is 5.69 Å². The van der Waals surface area contributed by atoms with Crippen molar-refractivity contribution in [2.24, 2.45) is 0 Å². The van der Waals surface area contributed by atoms with Gasteiger partial charge < -0.3 is 0 Å². The Morgan fingerprint density at radius 1 is 1.13 bits per heavy atom. The Kier molecular flexibility index (Phi) is 3.85. The van der Waals surface area contributed by atoms with Gasteiger partial charge in [-0.1, -0.05) is 18.2 Å². The van der Waals surface area contributed by atoms with Crippen molar-refractivity contribution >= 4 is 0 Å². The van der Waals surface area contributed by atoms with Crippen molar-refractivity contribution in [3.05, 3.63) is 54.9 Å². The Bertz CT molecular complexity index is 735. The summed E-state index contributed by atoms with van der Waals surface area (Å²) < 4.78 is 1.91. The van der Waals surface area contributed by atoms with Crippen LogP contribution in [-0.4, -0.2) is 47.2 Å². The number of nitrogens with zero attached hydrogens (tertiary/aromatic N) is 7. The molecule has 4 rings (SSSR count). The van der Waals surface area contributed by atoms with Gasteiger partial charge in [0.2, 0.25) is 0 Å². The van der Waals surface area contributed by atoms with E-state index in [1.165, 1.54) is 12.8 Å². The molecule has 0 spiro atoms. The predicted octanol–water partition coefficient (Wildman–Crippen LogP) is 1.52. The zero-order valence-corrected chi connectivity index (χ0v) is 12.9. The number of likely N-dealkylation sites (tertiary alicyclic amines) is 1. The lowest BCUT2D eigenvalue weighted by Crippen LogP contribution is -2.32. The first-order valence-electron chi connectivity index (χ1n) is 7.91. The van der Waals surface area contributed by atoms with Gasteiger partial charge in [-0.05, 0) is 31.5 Å². The average Bonchev–Trinajstić information content (AvgIpc) is 3.33. The first-order valence-corrected chi connectivity index (χ1v) is 7.91. The lowest BCUT2D eigenvalue weighted by Gasteiger charge is -2.23. The van der Waals surface area contributed by atoms with E-state index in [2.05, 4.69) is 25.2 Å². The summed E-state index contributed by atoms with van der Waals surface area (Å²) in [6.45, 7) is 2.80. The minimum Gasteiger partial charge on any atom is -0.293 e. The van der Waals surface area contributed by atoms with E-state index in [0.717, 1.165) is 31.0 Å². The molecule has 7 nitrogen and oxygen atoms in total. The fourth-order valence-electron chi connectivity index (χ4n) is 3.11. The van der Waals surface area contributed by atoms with Crippen molar-refractivity contribution < 1.29 is 0 Å². The van der Waals surface area contributed by atoms with Gasteiger partial charge in [-0.2, -0.15) is 20.1 Å². The molecule has 1 fully saturated rings. The van der Waals surface area contributed by atoms with Crippen LogP contribution in [-0.2, 0) is 13.1 Å². The van der Waals surface area contributed by atoms with Crippen LogP contribution < -0.4 is 0 Å². The van der Waals surface area contributed by atoms with Gasteiger partial charge in [0, 0.05) is 12.6 Å². The van der Waals surface area contributed by atoms with Crippen LogP contribution in [0.15, 0.2) is 49.2 Å². The summed E-state index contributed by atoms with van der Waals surface area (Å²) in [4.78, 5) is 8.17. The van der Waals surface area contributed by atoms with Crippen LogP contribution in [0, 0.1) is 0 Å². The molecule has 0 unspecified atom stereocenters. The highest BCUT2D eigenvalue weighted by Crippen LogP contribution is 2.20. The molecule has 1 saturated heterocycles. The Balaban J connectivity index is 1.44. The fourth-order valence-corrected chi connectivity index (χ4v) is 3.11. The standard InChI is InChI=1S/C16H19N7/c1-2-5-15(6-3-1)23-18-9-14(20-23)10-21-8-4-7-16(21)11-22-13-17-12-19-22/h1-3,5-6,9,12-13,16H,4,7-8,10-11H2/t16-/m1/s1. The van der Waals surface area contributed by atoms with E-state index < -0.39 is 0 Å². The smallest absolute Gasteiger partial charge is 0.137 e. The van der Waals surface area contributed by atoms with Gasteiger partial charge in [0.1, 0.15) is 12.7 Å². The van der Waals surface area contributed by atoms with Crippen LogP contribution >= 0.6 is 0 Å². The van der Waals surface area contributed by atoms with E-state index in [-0.39, 0.29) is 0 Å². The topological polar surface area (TPSA) is 64.7 Å². The molecule has 118 valence electrons. The summed E-state index contributed by atoms with van der Waals surface area (Å²) in [5.74, 6) is 0. The van der Waals surface area contributed by atoms with Crippen LogP contribution in [0.5, 0.6) is 0 Å². The van der Waals surface area contributed by atoms with Gasteiger partial charge in [0.25, 0.3) is 0 Å². The molecule has 0 bridgehead atoms. The van der Waals surface area contributed by atoms with Gasteiger partial charge in [0.05, 0.1) is 24.1 Å². The minimum atomic E-state index is 0.485. The number of aromatic nitrogens is 6. The average molecular weight is 309 g/mol. The number of rotatable bonds is 5. The molecule has 0 radical (unpaired) electrons. The molecule has 1 aliphatic heterocycles. The zero-order valence-electron chi connectivity index (χ0n) is 12.9. The summed E-state index contributed by atoms with van der Waals surface area (Å²) >= 11 is 0. The molecule has 3 heterocycles.